The fourth-order valence-corrected chi connectivity index (χ4v) is 3.36. The molecule has 0 unspecified atom stereocenters. The summed E-state index contributed by atoms with van der Waals surface area (Å²) in [6.45, 7) is 2.00. The number of rotatable bonds is 7. The van der Waals surface area contributed by atoms with E-state index in [9.17, 15) is 14.0 Å². The van der Waals surface area contributed by atoms with Crippen LogP contribution in [0.2, 0.25) is 0 Å². The maximum Gasteiger partial charge on any atom is 0.255 e. The Kier molecular flexibility index (Phi) is 5.35. The zero-order chi connectivity index (χ0) is 21.3. The summed E-state index contributed by atoms with van der Waals surface area (Å²) in [5.41, 5.74) is 2.45. The second kappa shape index (κ2) is 8.10. The van der Waals surface area contributed by atoms with Crippen LogP contribution in [0.25, 0.3) is 23.1 Å². The van der Waals surface area contributed by atoms with E-state index in [0.717, 1.165) is 18.4 Å². The molecular weight excluding hydrogens is 385 g/mol. The Bertz CT molecular complexity index is 1160. The zero-order valence-electron chi connectivity index (χ0n) is 16.8. The fraction of sp³-hybridized carbons (Fsp3) is 0.261. The van der Waals surface area contributed by atoms with Crippen molar-refractivity contribution in [2.24, 2.45) is 5.92 Å². The van der Waals surface area contributed by atoms with E-state index >= 15 is 0 Å². The van der Waals surface area contributed by atoms with Crippen LogP contribution in [0.4, 0.5) is 4.39 Å². The molecule has 1 saturated carbocycles. The molecule has 1 fully saturated rings. The van der Waals surface area contributed by atoms with E-state index in [-0.39, 0.29) is 17.3 Å². The summed E-state index contributed by atoms with van der Waals surface area (Å²) in [6.07, 6.45) is 5.79. The van der Waals surface area contributed by atoms with Gasteiger partial charge in [0.2, 0.25) is 0 Å². The first-order valence-electron chi connectivity index (χ1n) is 9.79. The molecule has 0 spiro atoms. The summed E-state index contributed by atoms with van der Waals surface area (Å²) >= 11 is 0. The van der Waals surface area contributed by atoms with Crippen molar-refractivity contribution in [1.82, 2.24) is 15.5 Å². The van der Waals surface area contributed by atoms with Gasteiger partial charge in [-0.05, 0) is 61.6 Å². The molecule has 2 N–H and O–H groups in total. The number of H-pyrrole nitrogens is 1. The first-order valence-corrected chi connectivity index (χ1v) is 9.79. The third-order valence-electron chi connectivity index (χ3n) is 5.21. The van der Waals surface area contributed by atoms with Gasteiger partial charge in [-0.15, -0.1) is 0 Å². The monoisotopic (exact) mass is 407 g/mol. The number of carbonyl (C=O) groups is 2. The van der Waals surface area contributed by atoms with Crippen molar-refractivity contribution in [3.8, 4) is 5.75 Å². The number of nitrogens with one attached hydrogen (secondary N) is 2. The van der Waals surface area contributed by atoms with E-state index in [0.29, 0.717) is 40.4 Å². The summed E-state index contributed by atoms with van der Waals surface area (Å²) in [5.74, 6) is -0.0456. The van der Waals surface area contributed by atoms with Crippen molar-refractivity contribution >= 4 is 34.7 Å². The summed E-state index contributed by atoms with van der Waals surface area (Å²) in [6, 6.07) is 7.86. The highest BCUT2D eigenvalue weighted by Gasteiger charge is 2.24. The number of nitrogens with zero attached hydrogens (tertiary/aromatic N) is 1. The molecule has 1 aliphatic rings. The molecule has 30 heavy (non-hydrogen) atoms. The van der Waals surface area contributed by atoms with Gasteiger partial charge in [0, 0.05) is 6.54 Å². The van der Waals surface area contributed by atoms with Gasteiger partial charge in [-0.25, -0.2) is 4.39 Å². The molecule has 2 aromatic carbocycles. The molecule has 3 aromatic rings. The number of halogens is 1. The lowest BCUT2D eigenvalue weighted by Gasteiger charge is -2.10. The van der Waals surface area contributed by atoms with Gasteiger partial charge in [-0.2, -0.15) is 5.10 Å². The lowest BCUT2D eigenvalue weighted by molar-refractivity contribution is 0.0948. The summed E-state index contributed by atoms with van der Waals surface area (Å²) in [4.78, 5) is 24.2. The second-order valence-electron chi connectivity index (χ2n) is 7.46. The van der Waals surface area contributed by atoms with Gasteiger partial charge < -0.3 is 10.1 Å². The molecule has 1 heterocycles. The van der Waals surface area contributed by atoms with E-state index in [2.05, 4.69) is 15.5 Å². The maximum absolute atomic E-state index is 13.8. The molecule has 154 valence electrons. The number of carbonyl (C=O) groups excluding carboxylic acids is 2. The highest BCUT2D eigenvalue weighted by atomic mass is 19.1. The molecule has 6 nitrogen and oxygen atoms in total. The number of aromatic nitrogens is 2. The van der Waals surface area contributed by atoms with E-state index < -0.39 is 5.82 Å². The minimum Gasteiger partial charge on any atom is -0.495 e. The molecule has 0 bridgehead atoms. The van der Waals surface area contributed by atoms with Gasteiger partial charge >= 0.3 is 0 Å². The van der Waals surface area contributed by atoms with E-state index in [1.54, 1.807) is 30.4 Å². The lowest BCUT2D eigenvalue weighted by atomic mass is 10.0. The van der Waals surface area contributed by atoms with E-state index in [4.69, 9.17) is 4.74 Å². The predicted octanol–water partition coefficient (Wildman–Crippen LogP) is 4.22. The number of hydrogen-bond donors (Lipinski definition) is 2. The van der Waals surface area contributed by atoms with Crippen LogP contribution >= 0.6 is 0 Å². The SMILES string of the molecule is COc1c(C(=O)NCC2CC2)ccc2[nH]nc(C=Cc3ccc(F)c(C(C)=O)c3)c12. The van der Waals surface area contributed by atoms with Gasteiger partial charge in [0.15, 0.2) is 5.78 Å². The highest BCUT2D eigenvalue weighted by molar-refractivity contribution is 6.05. The fourth-order valence-electron chi connectivity index (χ4n) is 3.36. The van der Waals surface area contributed by atoms with Crippen LogP contribution in [0.5, 0.6) is 5.75 Å². The topological polar surface area (TPSA) is 84.1 Å². The Morgan fingerprint density at radius 2 is 2.03 bits per heavy atom. The largest absolute Gasteiger partial charge is 0.495 e. The maximum atomic E-state index is 13.8. The van der Waals surface area contributed by atoms with Gasteiger partial charge in [-0.1, -0.05) is 12.1 Å². The normalized spacial score (nSPS) is 13.7. The average Bonchev–Trinajstić information content (AvgIpc) is 3.48. The zero-order valence-corrected chi connectivity index (χ0v) is 16.8. The van der Waals surface area contributed by atoms with Crippen LogP contribution in [0.3, 0.4) is 0 Å². The molecular formula is C23H22FN3O3. The standard InChI is InChI=1S/C23H22FN3O3/c1-13(28)17-11-14(5-8-18(17)24)6-9-19-21-20(27-26-19)10-7-16(22(21)30-2)23(29)25-12-15-3-4-15/h5-11,15H,3-4,12H2,1-2H3,(H,25,29)(H,26,27). The predicted molar refractivity (Wildman–Crippen MR) is 113 cm³/mol. The van der Waals surface area contributed by atoms with Gasteiger partial charge in [0.25, 0.3) is 5.91 Å². The van der Waals surface area contributed by atoms with Crippen LogP contribution in [0, 0.1) is 11.7 Å². The van der Waals surface area contributed by atoms with Gasteiger partial charge in [0.1, 0.15) is 11.6 Å². The van der Waals surface area contributed by atoms with Crippen LogP contribution in [-0.2, 0) is 0 Å². The average molecular weight is 407 g/mol. The number of amides is 1. The van der Waals surface area contributed by atoms with E-state index in [1.165, 1.54) is 26.2 Å². The molecule has 1 aliphatic carbocycles. The van der Waals surface area contributed by atoms with Crippen molar-refractivity contribution in [3.05, 3.63) is 58.5 Å². The summed E-state index contributed by atoms with van der Waals surface area (Å²) < 4.78 is 19.3. The van der Waals surface area contributed by atoms with Gasteiger partial charge in [0.05, 0.1) is 34.8 Å². The lowest BCUT2D eigenvalue weighted by Crippen LogP contribution is -2.26. The van der Waals surface area contributed by atoms with Crippen LogP contribution in [-0.4, -0.2) is 35.5 Å². The quantitative estimate of drug-likeness (QED) is 0.574. The molecule has 1 amide bonds. The van der Waals surface area contributed by atoms with Crippen LogP contribution in [0.1, 0.15) is 51.7 Å². The minimum absolute atomic E-state index is 0.0382. The number of ether oxygens (including phenoxy) is 1. The molecule has 7 heteroatoms. The number of fused-ring (bicyclic) bond motifs is 1. The van der Waals surface area contributed by atoms with Crippen LogP contribution < -0.4 is 10.1 Å². The van der Waals surface area contributed by atoms with Crippen molar-refractivity contribution in [3.63, 3.8) is 0 Å². The van der Waals surface area contributed by atoms with Crippen molar-refractivity contribution in [1.29, 1.82) is 0 Å². The van der Waals surface area contributed by atoms with Crippen molar-refractivity contribution < 1.29 is 18.7 Å². The Balaban J connectivity index is 1.68. The number of hydrogen-bond acceptors (Lipinski definition) is 4. The third kappa shape index (κ3) is 3.96. The molecule has 0 saturated heterocycles. The number of methoxy groups -OCH3 is 1. The number of aromatic amines is 1. The first kappa shape index (κ1) is 19.8. The number of benzene rings is 2. The molecule has 0 radical (unpaired) electrons. The third-order valence-corrected chi connectivity index (χ3v) is 5.21. The first-order chi connectivity index (χ1) is 14.5. The number of Topliss-reactive ketones (excluding diaryl/α,β-unsaturated/α-hetero) is 1. The summed E-state index contributed by atoms with van der Waals surface area (Å²) in [5, 5.41) is 10.9. The highest BCUT2D eigenvalue weighted by Crippen LogP contribution is 2.33. The van der Waals surface area contributed by atoms with Crippen molar-refractivity contribution in [2.75, 3.05) is 13.7 Å². The molecule has 0 aliphatic heterocycles. The Labute approximate surface area is 173 Å². The molecule has 0 atom stereocenters. The Hall–Kier alpha value is -3.48. The number of ketones is 1. The minimum atomic E-state index is -0.548. The van der Waals surface area contributed by atoms with Crippen molar-refractivity contribution in [2.45, 2.75) is 19.8 Å². The summed E-state index contributed by atoms with van der Waals surface area (Å²) in [7, 11) is 1.52. The van der Waals surface area contributed by atoms with Gasteiger partial charge in [-0.3, -0.25) is 14.7 Å². The Morgan fingerprint density at radius 3 is 2.73 bits per heavy atom. The van der Waals surface area contributed by atoms with Crippen LogP contribution in [0.15, 0.2) is 30.3 Å². The Morgan fingerprint density at radius 1 is 1.23 bits per heavy atom. The molecule has 1 aromatic heterocycles. The second-order valence-corrected chi connectivity index (χ2v) is 7.46. The molecule has 4 rings (SSSR count). The van der Waals surface area contributed by atoms with E-state index in [1.807, 2.05) is 0 Å². The smallest absolute Gasteiger partial charge is 0.255 e.